The minimum Gasteiger partial charge on any atom is -0.462 e. The van der Waals surface area contributed by atoms with E-state index in [9.17, 15) is 22.8 Å². The molecule has 9 nitrogen and oxygen atoms in total. The normalized spacial score (nSPS) is 22.7. The minimum atomic E-state index is -3.83. The molecule has 2 bridgehead atoms. The summed E-state index contributed by atoms with van der Waals surface area (Å²) in [6, 6.07) is 5.65. The van der Waals surface area contributed by atoms with Crippen molar-refractivity contribution in [2.45, 2.75) is 71.7 Å². The number of carbonyl (C=O) groups is 3. The van der Waals surface area contributed by atoms with Crippen LogP contribution in [0.3, 0.4) is 0 Å². The molecule has 10 heteroatoms. The molecule has 4 rings (SSSR count). The highest BCUT2D eigenvalue weighted by Crippen LogP contribution is 2.53. The number of ether oxygens (including phenoxy) is 2. The van der Waals surface area contributed by atoms with Crippen LogP contribution in [0, 0.1) is 24.7 Å². The molecule has 1 aliphatic heterocycles. The predicted molar refractivity (Wildman–Crippen MR) is 141 cm³/mol. The second-order valence-electron chi connectivity index (χ2n) is 11.6. The number of aryl methyl sites for hydroxylation is 2. The second kappa shape index (κ2) is 9.96. The summed E-state index contributed by atoms with van der Waals surface area (Å²) in [7, 11) is -3.83. The Kier molecular flexibility index (Phi) is 7.35. The molecule has 1 N–H and O–H groups in total. The summed E-state index contributed by atoms with van der Waals surface area (Å²) < 4.78 is 39.1. The van der Waals surface area contributed by atoms with Crippen LogP contribution in [0.4, 0.5) is 0 Å². The zero-order valence-electron chi connectivity index (χ0n) is 22.8. The molecular formula is C28H36N2O7S. The molecule has 0 amide bonds. The first-order valence-electron chi connectivity index (χ1n) is 12.9. The van der Waals surface area contributed by atoms with Crippen LogP contribution in [0.15, 0.2) is 29.2 Å². The first-order chi connectivity index (χ1) is 17.7. The van der Waals surface area contributed by atoms with Gasteiger partial charge in [0.1, 0.15) is 0 Å². The summed E-state index contributed by atoms with van der Waals surface area (Å²) in [5.41, 5.74) is 1.19. The summed E-state index contributed by atoms with van der Waals surface area (Å²) >= 11 is 0. The third kappa shape index (κ3) is 5.29. The number of fused-ring (bicyclic) bond motifs is 2. The number of sulfonamides is 1. The van der Waals surface area contributed by atoms with Gasteiger partial charge in [0, 0.05) is 24.0 Å². The number of ketones is 1. The number of esters is 2. The Morgan fingerprint density at radius 1 is 1.03 bits per heavy atom. The van der Waals surface area contributed by atoms with Gasteiger partial charge in [-0.2, -0.15) is 4.31 Å². The summed E-state index contributed by atoms with van der Waals surface area (Å²) in [4.78, 5) is 41.1. The molecule has 2 heterocycles. The first kappa shape index (κ1) is 28.0. The van der Waals surface area contributed by atoms with Crippen LogP contribution in [-0.4, -0.2) is 61.2 Å². The number of rotatable bonds is 8. The molecule has 0 spiro atoms. The highest BCUT2D eigenvalue weighted by Gasteiger charge is 2.53. The smallest absolute Gasteiger partial charge is 0.340 e. The molecule has 1 saturated carbocycles. The average Bonchev–Trinajstić information content (AvgIpc) is 3.27. The maximum atomic E-state index is 13.6. The van der Waals surface area contributed by atoms with Crippen LogP contribution in [0.5, 0.6) is 0 Å². The van der Waals surface area contributed by atoms with Crippen LogP contribution in [-0.2, 0) is 19.5 Å². The molecule has 1 aromatic carbocycles. The number of H-pyrrole nitrogens is 1. The maximum absolute atomic E-state index is 13.6. The molecule has 2 unspecified atom stereocenters. The Bertz CT molecular complexity index is 1390. The van der Waals surface area contributed by atoms with Gasteiger partial charge in [-0.05, 0) is 69.1 Å². The van der Waals surface area contributed by atoms with Crippen LogP contribution in [0.2, 0.25) is 0 Å². The van der Waals surface area contributed by atoms with E-state index in [-0.39, 0.29) is 45.1 Å². The number of hydrogen-bond donors (Lipinski definition) is 1. The van der Waals surface area contributed by atoms with Crippen molar-refractivity contribution in [3.05, 3.63) is 52.3 Å². The fraction of sp³-hybridized carbons (Fsp3) is 0.536. The van der Waals surface area contributed by atoms with Crippen molar-refractivity contribution in [1.82, 2.24) is 9.29 Å². The van der Waals surface area contributed by atoms with Gasteiger partial charge in [-0.1, -0.05) is 26.8 Å². The molecule has 1 aliphatic carbocycles. The summed E-state index contributed by atoms with van der Waals surface area (Å²) in [5, 5.41) is 0. The number of hydrogen-bond acceptors (Lipinski definition) is 7. The molecular weight excluding hydrogens is 508 g/mol. The first-order valence-corrected chi connectivity index (χ1v) is 14.3. The van der Waals surface area contributed by atoms with Gasteiger partial charge < -0.3 is 14.5 Å². The number of nitrogens with one attached hydrogen (secondary N) is 1. The van der Waals surface area contributed by atoms with Gasteiger partial charge in [0.05, 0.1) is 28.2 Å². The van der Waals surface area contributed by atoms with Gasteiger partial charge >= 0.3 is 11.9 Å². The van der Waals surface area contributed by atoms with Crippen molar-refractivity contribution >= 4 is 27.7 Å². The van der Waals surface area contributed by atoms with Gasteiger partial charge in [-0.15, -0.1) is 0 Å². The van der Waals surface area contributed by atoms with Crippen molar-refractivity contribution in [1.29, 1.82) is 0 Å². The van der Waals surface area contributed by atoms with E-state index in [1.807, 2.05) is 0 Å². The van der Waals surface area contributed by atoms with Crippen molar-refractivity contribution in [2.24, 2.45) is 10.8 Å². The van der Waals surface area contributed by atoms with E-state index < -0.39 is 34.4 Å². The van der Waals surface area contributed by atoms with E-state index in [0.29, 0.717) is 17.9 Å². The summed E-state index contributed by atoms with van der Waals surface area (Å²) in [6.07, 6.45) is 2.57. The number of benzene rings is 1. The van der Waals surface area contributed by atoms with Crippen LogP contribution in [0.25, 0.3) is 0 Å². The Balaban J connectivity index is 1.50. The zero-order valence-corrected chi connectivity index (χ0v) is 23.7. The Hall–Kier alpha value is -2.98. The highest BCUT2D eigenvalue weighted by molar-refractivity contribution is 7.89. The molecule has 1 aromatic heterocycles. The van der Waals surface area contributed by atoms with Crippen LogP contribution >= 0.6 is 0 Å². The van der Waals surface area contributed by atoms with Crippen molar-refractivity contribution in [3.8, 4) is 0 Å². The lowest BCUT2D eigenvalue weighted by atomic mass is 9.65. The lowest BCUT2D eigenvalue weighted by Gasteiger charge is -2.39. The monoisotopic (exact) mass is 544 g/mol. The lowest BCUT2D eigenvalue weighted by molar-refractivity contribution is 0.0472. The SMILES string of the molecule is CCOC(=O)c1c(C)[nH]c(C)c1C(=O)COC(=O)c1cccc(S(=O)(=O)N2CC3(C)CC2CC(C)(C)C3)c1. The molecule has 2 aliphatic rings. The van der Waals surface area contributed by atoms with Crippen molar-refractivity contribution < 1.29 is 32.3 Å². The van der Waals surface area contributed by atoms with E-state index in [0.717, 1.165) is 19.3 Å². The van der Waals surface area contributed by atoms with Gasteiger partial charge in [-0.3, -0.25) is 4.79 Å². The van der Waals surface area contributed by atoms with Gasteiger partial charge in [-0.25, -0.2) is 18.0 Å². The van der Waals surface area contributed by atoms with Crippen LogP contribution < -0.4 is 0 Å². The molecule has 2 atom stereocenters. The molecule has 2 fully saturated rings. The largest absolute Gasteiger partial charge is 0.462 e. The van der Waals surface area contributed by atoms with E-state index >= 15 is 0 Å². The second-order valence-corrected chi connectivity index (χ2v) is 13.5. The van der Waals surface area contributed by atoms with Crippen molar-refractivity contribution in [2.75, 3.05) is 19.8 Å². The summed E-state index contributed by atoms with van der Waals surface area (Å²) in [5.74, 6) is -2.02. The van der Waals surface area contributed by atoms with Gasteiger partial charge in [0.15, 0.2) is 6.61 Å². The average molecular weight is 545 g/mol. The third-order valence-electron chi connectivity index (χ3n) is 7.51. The van der Waals surface area contributed by atoms with E-state index in [4.69, 9.17) is 9.47 Å². The predicted octanol–water partition coefficient (Wildman–Crippen LogP) is 4.44. The fourth-order valence-corrected chi connectivity index (χ4v) is 8.30. The molecule has 2 aromatic rings. The van der Waals surface area contributed by atoms with Crippen LogP contribution in [0.1, 0.15) is 89.4 Å². The number of aromatic nitrogens is 1. The Morgan fingerprint density at radius 2 is 1.71 bits per heavy atom. The Morgan fingerprint density at radius 3 is 2.39 bits per heavy atom. The summed E-state index contributed by atoms with van der Waals surface area (Å²) in [6.45, 7) is 11.5. The topological polar surface area (TPSA) is 123 Å². The minimum absolute atomic E-state index is 0.0222. The molecule has 206 valence electrons. The third-order valence-corrected chi connectivity index (χ3v) is 9.41. The maximum Gasteiger partial charge on any atom is 0.340 e. The quantitative estimate of drug-likeness (QED) is 0.385. The number of aromatic amines is 1. The van der Waals surface area contributed by atoms with Gasteiger partial charge in [0.2, 0.25) is 15.8 Å². The van der Waals surface area contributed by atoms with Gasteiger partial charge in [0.25, 0.3) is 0 Å². The lowest BCUT2D eigenvalue weighted by Crippen LogP contribution is -2.37. The molecule has 38 heavy (non-hydrogen) atoms. The number of Topliss-reactive ketones (excluding diaryl/α,β-unsaturated/α-hetero) is 1. The number of carbonyl (C=O) groups excluding carboxylic acids is 3. The standard InChI is InChI=1S/C28H36N2O7S/c1-7-36-26(33)24-18(3)29-17(2)23(24)22(31)14-37-25(32)19-9-8-10-21(11-19)38(34,35)30-16-28(6)13-20(30)12-27(4,5)15-28/h8-11,20,29H,7,12-16H2,1-6H3. The zero-order chi connectivity index (χ0) is 28.0. The number of nitrogens with zero attached hydrogens (tertiary/aromatic N) is 1. The molecule has 0 radical (unpaired) electrons. The van der Waals surface area contributed by atoms with Crippen molar-refractivity contribution in [3.63, 3.8) is 0 Å². The highest BCUT2D eigenvalue weighted by atomic mass is 32.2. The van der Waals surface area contributed by atoms with E-state index in [1.165, 1.54) is 24.3 Å². The van der Waals surface area contributed by atoms with E-state index in [2.05, 4.69) is 25.8 Å². The fourth-order valence-electron chi connectivity index (χ4n) is 6.48. The molecule has 1 saturated heterocycles. The van der Waals surface area contributed by atoms with E-state index in [1.54, 1.807) is 25.1 Å². The Labute approximate surface area is 223 Å².